The summed E-state index contributed by atoms with van der Waals surface area (Å²) in [4.78, 5) is 0. The van der Waals surface area contributed by atoms with Crippen molar-refractivity contribution in [1.82, 2.24) is 0 Å². The van der Waals surface area contributed by atoms with Crippen molar-refractivity contribution in [2.75, 3.05) is 11.5 Å². The summed E-state index contributed by atoms with van der Waals surface area (Å²) in [5.74, 6) is 1.10. The van der Waals surface area contributed by atoms with Crippen molar-refractivity contribution < 1.29 is 8.60 Å². The van der Waals surface area contributed by atoms with E-state index in [0.29, 0.717) is 23.1 Å². The maximum absolute atomic E-state index is 12.7. The van der Waals surface area contributed by atoms with Crippen molar-refractivity contribution in [3.8, 4) is 0 Å². The number of nitrogen functional groups attached to an aromatic ring is 1. The van der Waals surface area contributed by atoms with Gasteiger partial charge in [-0.15, -0.1) is 0 Å². The van der Waals surface area contributed by atoms with E-state index in [-0.39, 0.29) is 5.82 Å². The minimum Gasteiger partial charge on any atom is -0.398 e. The lowest BCUT2D eigenvalue weighted by molar-refractivity contribution is 0.628. The summed E-state index contributed by atoms with van der Waals surface area (Å²) in [6.45, 7) is 4.04. The number of hydrogen-bond donors (Lipinski definition) is 1. The zero-order valence-electron chi connectivity index (χ0n) is 9.00. The van der Waals surface area contributed by atoms with E-state index < -0.39 is 10.8 Å². The van der Waals surface area contributed by atoms with Gasteiger partial charge in [-0.3, -0.25) is 4.21 Å². The lowest BCUT2D eigenvalue weighted by atomic mass is 10.2. The quantitative estimate of drug-likeness (QED) is 0.805. The molecule has 0 aliphatic carbocycles. The van der Waals surface area contributed by atoms with Gasteiger partial charge in [-0.1, -0.05) is 19.9 Å². The van der Waals surface area contributed by atoms with Gasteiger partial charge >= 0.3 is 0 Å². The zero-order valence-corrected chi connectivity index (χ0v) is 9.81. The highest BCUT2D eigenvalue weighted by Gasteiger charge is 2.07. The Morgan fingerprint density at radius 3 is 2.67 bits per heavy atom. The lowest BCUT2D eigenvalue weighted by Gasteiger charge is -2.07. The smallest absolute Gasteiger partial charge is 0.125 e. The lowest BCUT2D eigenvalue weighted by Crippen LogP contribution is -2.08. The fraction of sp³-hybridized carbons (Fsp3) is 0.455. The van der Waals surface area contributed by atoms with Gasteiger partial charge in [0.15, 0.2) is 0 Å². The maximum atomic E-state index is 12.7. The van der Waals surface area contributed by atoms with Gasteiger partial charge in [0, 0.05) is 22.2 Å². The molecule has 2 nitrogen and oxygen atoms in total. The van der Waals surface area contributed by atoms with Crippen LogP contribution in [0.25, 0.3) is 0 Å². The van der Waals surface area contributed by atoms with Gasteiger partial charge in [0.05, 0.1) is 5.75 Å². The Morgan fingerprint density at radius 1 is 1.47 bits per heavy atom. The first kappa shape index (κ1) is 12.2. The van der Waals surface area contributed by atoms with Crippen LogP contribution < -0.4 is 5.73 Å². The number of benzene rings is 1. The molecule has 1 atom stereocenters. The molecule has 1 rings (SSSR count). The van der Waals surface area contributed by atoms with Crippen LogP contribution in [0.2, 0.25) is 0 Å². The van der Waals surface area contributed by atoms with Gasteiger partial charge in [-0.05, 0) is 23.6 Å². The molecule has 0 saturated carbocycles. The van der Waals surface area contributed by atoms with Gasteiger partial charge in [-0.25, -0.2) is 4.39 Å². The predicted molar refractivity (Wildman–Crippen MR) is 62.4 cm³/mol. The van der Waals surface area contributed by atoms with Crippen LogP contribution in [0.1, 0.15) is 19.4 Å². The number of nitrogens with two attached hydrogens (primary N) is 1. The third-order valence-electron chi connectivity index (χ3n) is 1.94. The minimum absolute atomic E-state index is 0.356. The van der Waals surface area contributed by atoms with Gasteiger partial charge in [0.1, 0.15) is 5.82 Å². The summed E-state index contributed by atoms with van der Waals surface area (Å²) in [6, 6.07) is 4.21. The Balaban J connectivity index is 2.68. The zero-order chi connectivity index (χ0) is 11.4. The first-order valence-corrected chi connectivity index (χ1v) is 6.36. The molecule has 0 saturated heterocycles. The molecule has 1 unspecified atom stereocenters. The van der Waals surface area contributed by atoms with Gasteiger partial charge in [0.25, 0.3) is 0 Å². The van der Waals surface area contributed by atoms with E-state index in [4.69, 9.17) is 5.73 Å². The summed E-state index contributed by atoms with van der Waals surface area (Å²) in [5.41, 5.74) is 6.77. The van der Waals surface area contributed by atoms with Crippen molar-refractivity contribution in [3.05, 3.63) is 29.6 Å². The Bertz CT molecular complexity index is 366. The van der Waals surface area contributed by atoms with Crippen LogP contribution in [-0.4, -0.2) is 9.96 Å². The van der Waals surface area contributed by atoms with Gasteiger partial charge in [0.2, 0.25) is 0 Å². The highest BCUT2D eigenvalue weighted by atomic mass is 32.2. The van der Waals surface area contributed by atoms with E-state index in [1.165, 1.54) is 12.1 Å². The molecule has 0 aliphatic heterocycles. The van der Waals surface area contributed by atoms with E-state index in [2.05, 4.69) is 0 Å². The third kappa shape index (κ3) is 4.00. The van der Waals surface area contributed by atoms with Crippen molar-refractivity contribution in [2.45, 2.75) is 19.6 Å². The van der Waals surface area contributed by atoms with Crippen molar-refractivity contribution in [3.63, 3.8) is 0 Å². The van der Waals surface area contributed by atoms with Gasteiger partial charge in [-0.2, -0.15) is 0 Å². The number of anilines is 1. The van der Waals surface area contributed by atoms with E-state index in [1.807, 2.05) is 13.8 Å². The second kappa shape index (κ2) is 5.26. The summed E-state index contributed by atoms with van der Waals surface area (Å²) >= 11 is 0. The average molecular weight is 229 g/mol. The molecule has 0 amide bonds. The molecule has 0 radical (unpaired) electrons. The fourth-order valence-electron chi connectivity index (χ4n) is 1.30. The molecule has 1 aromatic carbocycles. The molecular formula is C11H16FNOS. The maximum Gasteiger partial charge on any atom is 0.125 e. The monoisotopic (exact) mass is 229 g/mol. The van der Waals surface area contributed by atoms with Gasteiger partial charge < -0.3 is 5.73 Å². The second-order valence-corrected chi connectivity index (χ2v) is 5.49. The molecule has 0 aliphatic rings. The molecule has 15 heavy (non-hydrogen) atoms. The Morgan fingerprint density at radius 2 is 2.13 bits per heavy atom. The standard InChI is InChI=1S/C11H16FNOS/c1-8(2)6-15(14)7-9-3-4-10(12)5-11(9)13/h3-5,8H,6-7,13H2,1-2H3. The van der Waals surface area contributed by atoms with Crippen LogP contribution in [0.15, 0.2) is 18.2 Å². The molecule has 0 spiro atoms. The van der Waals surface area contributed by atoms with Crippen LogP contribution in [0, 0.1) is 11.7 Å². The molecule has 2 N–H and O–H groups in total. The van der Waals surface area contributed by atoms with Crippen LogP contribution in [-0.2, 0) is 16.6 Å². The van der Waals surface area contributed by atoms with E-state index in [1.54, 1.807) is 6.07 Å². The van der Waals surface area contributed by atoms with Crippen LogP contribution in [0.3, 0.4) is 0 Å². The Kier molecular flexibility index (Phi) is 4.27. The summed E-state index contributed by atoms with van der Waals surface area (Å²) in [6.07, 6.45) is 0. The van der Waals surface area contributed by atoms with E-state index in [0.717, 1.165) is 5.56 Å². The third-order valence-corrected chi connectivity index (χ3v) is 3.62. The van der Waals surface area contributed by atoms with Crippen LogP contribution in [0.4, 0.5) is 10.1 Å². The topological polar surface area (TPSA) is 43.1 Å². The average Bonchev–Trinajstić information content (AvgIpc) is 2.08. The summed E-state index contributed by atoms with van der Waals surface area (Å²) in [5, 5.41) is 0. The number of hydrogen-bond acceptors (Lipinski definition) is 2. The Hall–Kier alpha value is -0.900. The van der Waals surface area contributed by atoms with Crippen molar-refractivity contribution >= 4 is 16.5 Å². The Labute approximate surface area is 92.1 Å². The van der Waals surface area contributed by atoms with E-state index in [9.17, 15) is 8.60 Å². The molecule has 0 heterocycles. The summed E-state index contributed by atoms with van der Waals surface area (Å²) in [7, 11) is -0.920. The van der Waals surface area contributed by atoms with Crippen molar-refractivity contribution in [1.29, 1.82) is 0 Å². The first-order valence-electron chi connectivity index (χ1n) is 4.88. The highest BCUT2D eigenvalue weighted by Crippen LogP contribution is 2.16. The molecule has 0 bridgehead atoms. The largest absolute Gasteiger partial charge is 0.398 e. The van der Waals surface area contributed by atoms with Crippen LogP contribution in [0.5, 0.6) is 0 Å². The van der Waals surface area contributed by atoms with E-state index >= 15 is 0 Å². The normalized spacial score (nSPS) is 13.1. The predicted octanol–water partition coefficient (Wildman–Crippen LogP) is 2.31. The summed E-state index contributed by atoms with van der Waals surface area (Å²) < 4.78 is 24.4. The molecule has 0 fully saturated rings. The van der Waals surface area contributed by atoms with Crippen LogP contribution >= 0.6 is 0 Å². The first-order chi connectivity index (χ1) is 6.99. The number of rotatable bonds is 4. The second-order valence-electron chi connectivity index (χ2n) is 3.99. The fourth-order valence-corrected chi connectivity index (χ4v) is 2.77. The molecule has 4 heteroatoms. The number of halogens is 1. The SMILES string of the molecule is CC(C)CS(=O)Cc1ccc(F)cc1N. The molecule has 84 valence electrons. The molecule has 0 aromatic heterocycles. The van der Waals surface area contributed by atoms with Crippen molar-refractivity contribution in [2.24, 2.45) is 5.92 Å². The highest BCUT2D eigenvalue weighted by molar-refractivity contribution is 7.84. The molecular weight excluding hydrogens is 213 g/mol. The molecule has 1 aromatic rings. The minimum atomic E-state index is -0.920.